The van der Waals surface area contributed by atoms with E-state index in [-0.39, 0.29) is 5.82 Å². The van der Waals surface area contributed by atoms with E-state index in [0.29, 0.717) is 30.3 Å². The van der Waals surface area contributed by atoms with Gasteiger partial charge in [0.15, 0.2) is 5.82 Å². The van der Waals surface area contributed by atoms with Crippen LogP contribution in [0.2, 0.25) is 0 Å². The Morgan fingerprint density at radius 3 is 2.85 bits per heavy atom. The molecule has 104 valence electrons. The van der Waals surface area contributed by atoms with E-state index in [9.17, 15) is 0 Å². The van der Waals surface area contributed by atoms with Crippen LogP contribution < -0.4 is 11.1 Å². The highest BCUT2D eigenvalue weighted by Gasteiger charge is 2.11. The Kier molecular flexibility index (Phi) is 4.93. The largest absolute Gasteiger partial charge is 0.382 e. The van der Waals surface area contributed by atoms with Gasteiger partial charge in [-0.3, -0.25) is 0 Å². The first-order valence-corrected chi connectivity index (χ1v) is 7.07. The van der Waals surface area contributed by atoms with Crippen molar-refractivity contribution < 1.29 is 4.74 Å². The average molecular weight is 288 g/mol. The van der Waals surface area contributed by atoms with Gasteiger partial charge in [0.2, 0.25) is 0 Å². The van der Waals surface area contributed by atoms with Crippen LogP contribution in [0.5, 0.6) is 0 Å². The highest BCUT2D eigenvalue weighted by Crippen LogP contribution is 2.26. The minimum Gasteiger partial charge on any atom is -0.382 e. The second-order valence-electron chi connectivity index (χ2n) is 4.14. The summed E-state index contributed by atoms with van der Waals surface area (Å²) in [6.07, 6.45) is 0. The summed E-state index contributed by atoms with van der Waals surface area (Å²) < 4.78 is 9.43. The Labute approximate surface area is 122 Å². The molecule has 0 saturated carbocycles. The molecule has 0 amide bonds. The Hall–Kier alpha value is -2.10. The summed E-state index contributed by atoms with van der Waals surface area (Å²) in [4.78, 5) is 0. The molecule has 0 aliphatic carbocycles. The Bertz CT molecular complexity index is 618. The van der Waals surface area contributed by atoms with Gasteiger partial charge in [0, 0.05) is 13.2 Å². The van der Waals surface area contributed by atoms with Crippen molar-refractivity contribution in [1.82, 2.24) is 4.37 Å². The number of hydrogen-bond acceptors (Lipinski definition) is 6. The van der Waals surface area contributed by atoms with Crippen LogP contribution in [0.3, 0.4) is 0 Å². The van der Waals surface area contributed by atoms with Crippen molar-refractivity contribution >= 4 is 22.4 Å². The Morgan fingerprint density at radius 1 is 1.40 bits per heavy atom. The summed E-state index contributed by atoms with van der Waals surface area (Å²) in [6, 6.07) is 10.1. The first-order valence-electron chi connectivity index (χ1n) is 6.30. The van der Waals surface area contributed by atoms with Gasteiger partial charge in [0.1, 0.15) is 16.6 Å². The summed E-state index contributed by atoms with van der Waals surface area (Å²) >= 11 is 1.20. The van der Waals surface area contributed by atoms with E-state index in [1.807, 2.05) is 31.2 Å². The molecule has 1 aromatic carbocycles. The van der Waals surface area contributed by atoms with Gasteiger partial charge in [0.25, 0.3) is 0 Å². The SMILES string of the molecule is CCOCc1ccccc1CNc1snc(N)c1C#N. The van der Waals surface area contributed by atoms with E-state index in [1.54, 1.807) is 0 Å². The number of nitrogens with two attached hydrogens (primary N) is 1. The number of hydrogen-bond donors (Lipinski definition) is 2. The molecule has 0 spiro atoms. The zero-order chi connectivity index (χ0) is 14.4. The van der Waals surface area contributed by atoms with Crippen molar-refractivity contribution in [2.75, 3.05) is 17.7 Å². The van der Waals surface area contributed by atoms with E-state index < -0.39 is 0 Å². The van der Waals surface area contributed by atoms with Gasteiger partial charge in [-0.15, -0.1) is 0 Å². The third-order valence-electron chi connectivity index (χ3n) is 2.85. The number of anilines is 2. The third kappa shape index (κ3) is 3.26. The zero-order valence-electron chi connectivity index (χ0n) is 11.2. The molecule has 0 unspecified atom stereocenters. The van der Waals surface area contributed by atoms with E-state index >= 15 is 0 Å². The second-order valence-corrected chi connectivity index (χ2v) is 4.92. The van der Waals surface area contributed by atoms with Gasteiger partial charge in [-0.05, 0) is 29.6 Å². The van der Waals surface area contributed by atoms with Crippen molar-refractivity contribution in [1.29, 1.82) is 5.26 Å². The maximum Gasteiger partial charge on any atom is 0.157 e. The number of nitrogens with one attached hydrogen (secondary N) is 1. The molecule has 0 radical (unpaired) electrons. The van der Waals surface area contributed by atoms with Crippen LogP contribution in [0.15, 0.2) is 24.3 Å². The molecule has 1 aromatic heterocycles. The third-order valence-corrected chi connectivity index (χ3v) is 3.67. The number of benzene rings is 1. The number of ether oxygens (including phenoxy) is 1. The lowest BCUT2D eigenvalue weighted by atomic mass is 10.1. The number of nitrogens with zero attached hydrogens (tertiary/aromatic N) is 2. The van der Waals surface area contributed by atoms with Crippen molar-refractivity contribution in [3.63, 3.8) is 0 Å². The summed E-state index contributed by atoms with van der Waals surface area (Å²) in [5, 5.41) is 13.0. The monoisotopic (exact) mass is 288 g/mol. The summed E-state index contributed by atoms with van der Waals surface area (Å²) in [7, 11) is 0. The van der Waals surface area contributed by atoms with Crippen molar-refractivity contribution in [2.24, 2.45) is 0 Å². The molecule has 2 rings (SSSR count). The highest BCUT2D eigenvalue weighted by atomic mass is 32.1. The van der Waals surface area contributed by atoms with E-state index in [0.717, 1.165) is 11.1 Å². The summed E-state index contributed by atoms with van der Waals surface area (Å²) in [5.74, 6) is 0.280. The lowest BCUT2D eigenvalue weighted by Gasteiger charge is -2.10. The van der Waals surface area contributed by atoms with Crippen LogP contribution in [0, 0.1) is 11.3 Å². The lowest BCUT2D eigenvalue weighted by molar-refractivity contribution is 0.133. The average Bonchev–Trinajstić information content (AvgIpc) is 2.83. The molecule has 0 bridgehead atoms. The van der Waals surface area contributed by atoms with Crippen LogP contribution >= 0.6 is 11.5 Å². The summed E-state index contributed by atoms with van der Waals surface area (Å²) in [5.41, 5.74) is 8.32. The molecule has 0 aliphatic heterocycles. The molecule has 0 saturated heterocycles. The minimum atomic E-state index is 0.280. The summed E-state index contributed by atoms with van der Waals surface area (Å²) in [6.45, 7) is 3.86. The highest BCUT2D eigenvalue weighted by molar-refractivity contribution is 7.10. The maximum atomic E-state index is 9.03. The maximum absolute atomic E-state index is 9.03. The molecule has 3 N–H and O–H groups in total. The molecular formula is C14H16N4OS. The fraction of sp³-hybridized carbons (Fsp3) is 0.286. The van der Waals surface area contributed by atoms with Crippen molar-refractivity contribution in [2.45, 2.75) is 20.1 Å². The number of aromatic nitrogens is 1. The van der Waals surface area contributed by atoms with Crippen molar-refractivity contribution in [3.05, 3.63) is 41.0 Å². The fourth-order valence-corrected chi connectivity index (χ4v) is 2.45. The first kappa shape index (κ1) is 14.3. The predicted octanol–water partition coefficient (Wildman–Crippen LogP) is 2.75. The van der Waals surface area contributed by atoms with Crippen LogP contribution in [0.1, 0.15) is 23.6 Å². The Balaban J connectivity index is 2.09. The lowest BCUT2D eigenvalue weighted by Crippen LogP contribution is -2.04. The van der Waals surface area contributed by atoms with Crippen LogP contribution in [0.25, 0.3) is 0 Å². The molecule has 2 aromatic rings. The zero-order valence-corrected chi connectivity index (χ0v) is 12.0. The van der Waals surface area contributed by atoms with Crippen LogP contribution in [-0.2, 0) is 17.9 Å². The van der Waals surface area contributed by atoms with Crippen LogP contribution in [-0.4, -0.2) is 11.0 Å². The topological polar surface area (TPSA) is 84.0 Å². The molecule has 0 atom stereocenters. The quantitative estimate of drug-likeness (QED) is 0.853. The number of rotatable bonds is 6. The van der Waals surface area contributed by atoms with Gasteiger partial charge < -0.3 is 15.8 Å². The standard InChI is InChI=1S/C14H16N4OS/c1-2-19-9-11-6-4-3-5-10(11)8-17-14-12(7-15)13(16)18-20-14/h3-6,17H,2,8-9H2,1H3,(H2,16,18). The van der Waals surface area contributed by atoms with E-state index in [2.05, 4.69) is 15.8 Å². The molecule has 6 heteroatoms. The first-order chi connectivity index (χ1) is 9.76. The molecule has 0 aliphatic rings. The van der Waals surface area contributed by atoms with Gasteiger partial charge in [-0.2, -0.15) is 9.64 Å². The van der Waals surface area contributed by atoms with Crippen LogP contribution in [0.4, 0.5) is 10.8 Å². The van der Waals surface area contributed by atoms with Crippen molar-refractivity contribution in [3.8, 4) is 6.07 Å². The molecule has 1 heterocycles. The van der Waals surface area contributed by atoms with E-state index in [1.165, 1.54) is 11.5 Å². The number of nitrogen functional groups attached to an aromatic ring is 1. The second kappa shape index (κ2) is 6.89. The van der Waals surface area contributed by atoms with Gasteiger partial charge in [0.05, 0.1) is 6.61 Å². The van der Waals surface area contributed by atoms with Gasteiger partial charge >= 0.3 is 0 Å². The molecular weight excluding hydrogens is 272 g/mol. The van der Waals surface area contributed by atoms with Gasteiger partial charge in [-0.25, -0.2) is 0 Å². The fourth-order valence-electron chi connectivity index (χ4n) is 1.79. The number of nitriles is 1. The predicted molar refractivity (Wildman–Crippen MR) is 80.3 cm³/mol. The van der Waals surface area contributed by atoms with Gasteiger partial charge in [-0.1, -0.05) is 24.3 Å². The molecule has 5 nitrogen and oxygen atoms in total. The van der Waals surface area contributed by atoms with E-state index in [4.69, 9.17) is 15.7 Å². The molecule has 0 fully saturated rings. The normalized spacial score (nSPS) is 10.2. The smallest absolute Gasteiger partial charge is 0.157 e. The minimum absolute atomic E-state index is 0.280. The molecule has 20 heavy (non-hydrogen) atoms. The Morgan fingerprint density at radius 2 is 2.15 bits per heavy atom.